The number of hydrogen-bond donors (Lipinski definition) is 3. The topological polar surface area (TPSA) is 107 Å². The van der Waals surface area contributed by atoms with Crippen LogP contribution in [0.15, 0.2) is 47.8 Å². The molecule has 2 aliphatic rings. The van der Waals surface area contributed by atoms with Crippen molar-refractivity contribution in [3.05, 3.63) is 59.0 Å². The molecule has 1 aromatic heterocycles. The maximum Gasteiger partial charge on any atom is 0.251 e. The molecule has 0 radical (unpaired) electrons. The molecule has 10 heteroatoms. The van der Waals surface area contributed by atoms with Gasteiger partial charge in [-0.1, -0.05) is 19.1 Å². The van der Waals surface area contributed by atoms with Crippen LogP contribution in [-0.4, -0.2) is 73.9 Å². The van der Waals surface area contributed by atoms with Crippen LogP contribution in [0.2, 0.25) is 0 Å². The SMILES string of the molecule is C[C@@H]1CN(c2cccc(-c3csc(NC(=O)CNC(=O)c4ccc5c(c4)[C@@](C)(CO)CN5C)n3)c2)C[C@H](C)O1. The van der Waals surface area contributed by atoms with Gasteiger partial charge in [0.05, 0.1) is 31.1 Å². The Morgan fingerprint density at radius 1 is 1.18 bits per heavy atom. The number of morpholine rings is 1. The number of hydrogen-bond acceptors (Lipinski definition) is 8. The maximum absolute atomic E-state index is 12.8. The van der Waals surface area contributed by atoms with Crippen molar-refractivity contribution in [2.45, 2.75) is 38.4 Å². The number of nitrogens with one attached hydrogen (secondary N) is 2. The molecule has 1 fully saturated rings. The second kappa shape index (κ2) is 11.0. The molecule has 0 unspecified atom stereocenters. The van der Waals surface area contributed by atoms with E-state index in [9.17, 15) is 14.7 Å². The molecule has 2 aromatic carbocycles. The number of thiazole rings is 1. The summed E-state index contributed by atoms with van der Waals surface area (Å²) in [6.45, 7) is 8.31. The minimum Gasteiger partial charge on any atom is -0.395 e. The highest BCUT2D eigenvalue weighted by molar-refractivity contribution is 7.14. The number of aromatic nitrogens is 1. The first-order valence-corrected chi connectivity index (χ1v) is 14.0. The molecule has 1 saturated heterocycles. The molecular weight excluding hydrogens is 514 g/mol. The standard InChI is InChI=1S/C29H35N5O4S/c1-18-13-34(14-19(2)38-18)22-7-5-6-20(10-22)24-15-39-28(31-24)32-26(36)12-30-27(37)21-8-9-25-23(11-21)29(3,17-35)16-33(25)4/h5-11,15,18-19,35H,12-14,16-17H2,1-4H3,(H,30,37)(H,31,32,36)/t18-,19+,29-/m1/s1. The van der Waals surface area contributed by atoms with Crippen LogP contribution in [0.4, 0.5) is 16.5 Å². The van der Waals surface area contributed by atoms with Gasteiger partial charge in [0, 0.05) is 60.0 Å². The summed E-state index contributed by atoms with van der Waals surface area (Å²) in [6.07, 6.45) is 0.341. The molecule has 2 amide bonds. The number of aliphatic hydroxyl groups is 1. The third kappa shape index (κ3) is 5.78. The average Bonchev–Trinajstić information content (AvgIpc) is 3.48. The molecule has 3 heterocycles. The van der Waals surface area contributed by atoms with Crippen molar-refractivity contribution in [3.63, 3.8) is 0 Å². The number of fused-ring (bicyclic) bond motifs is 1. The number of ether oxygens (including phenoxy) is 1. The Kier molecular flexibility index (Phi) is 7.61. The lowest BCUT2D eigenvalue weighted by molar-refractivity contribution is -0.115. The normalized spacial score (nSPS) is 22.5. The molecule has 0 spiro atoms. The largest absolute Gasteiger partial charge is 0.395 e. The van der Waals surface area contributed by atoms with Crippen LogP contribution in [0, 0.1) is 0 Å². The summed E-state index contributed by atoms with van der Waals surface area (Å²) < 4.78 is 5.86. The van der Waals surface area contributed by atoms with Crippen LogP contribution in [-0.2, 0) is 14.9 Å². The summed E-state index contributed by atoms with van der Waals surface area (Å²) in [5.74, 6) is -0.693. The van der Waals surface area contributed by atoms with Crippen LogP contribution in [0.1, 0.15) is 36.7 Å². The molecule has 39 heavy (non-hydrogen) atoms. The third-order valence-corrected chi connectivity index (χ3v) is 8.10. The molecule has 0 bridgehead atoms. The van der Waals surface area contributed by atoms with E-state index in [1.807, 2.05) is 43.6 Å². The van der Waals surface area contributed by atoms with Crippen LogP contribution >= 0.6 is 11.3 Å². The van der Waals surface area contributed by atoms with Gasteiger partial charge in [0.15, 0.2) is 5.13 Å². The molecule has 9 nitrogen and oxygen atoms in total. The number of carbonyl (C=O) groups is 2. The van der Waals surface area contributed by atoms with Crippen molar-refractivity contribution in [1.29, 1.82) is 0 Å². The number of amides is 2. The van der Waals surface area contributed by atoms with Crippen LogP contribution in [0.3, 0.4) is 0 Å². The van der Waals surface area contributed by atoms with E-state index in [0.717, 1.165) is 41.3 Å². The number of rotatable bonds is 7. The van der Waals surface area contributed by atoms with Gasteiger partial charge in [-0.3, -0.25) is 9.59 Å². The molecule has 5 rings (SSSR count). The highest BCUT2D eigenvalue weighted by atomic mass is 32.1. The number of likely N-dealkylation sites (N-methyl/N-ethyl adjacent to an activating group) is 1. The predicted octanol–water partition coefficient (Wildman–Crippen LogP) is 3.49. The zero-order chi connectivity index (χ0) is 27.7. The zero-order valence-electron chi connectivity index (χ0n) is 22.7. The fourth-order valence-corrected chi connectivity index (χ4v) is 6.20. The number of nitrogens with zero attached hydrogens (tertiary/aromatic N) is 3. The molecule has 0 aliphatic carbocycles. The van der Waals surface area contributed by atoms with Gasteiger partial charge in [0.1, 0.15) is 0 Å². The van der Waals surface area contributed by atoms with Crippen molar-refractivity contribution in [2.24, 2.45) is 0 Å². The summed E-state index contributed by atoms with van der Waals surface area (Å²) >= 11 is 1.34. The summed E-state index contributed by atoms with van der Waals surface area (Å²) in [4.78, 5) is 34.4. The van der Waals surface area contributed by atoms with E-state index in [0.29, 0.717) is 17.2 Å². The number of aliphatic hydroxyl groups excluding tert-OH is 1. The van der Waals surface area contributed by atoms with E-state index in [1.54, 1.807) is 6.07 Å². The Morgan fingerprint density at radius 3 is 2.69 bits per heavy atom. The number of anilines is 3. The highest BCUT2D eigenvalue weighted by Crippen LogP contribution is 2.40. The van der Waals surface area contributed by atoms with Crippen LogP contribution in [0.5, 0.6) is 0 Å². The molecule has 2 aliphatic heterocycles. The smallest absolute Gasteiger partial charge is 0.251 e. The number of benzene rings is 2. The van der Waals surface area contributed by atoms with Crippen molar-refractivity contribution in [2.75, 3.05) is 55.0 Å². The fraction of sp³-hybridized carbons (Fsp3) is 0.414. The van der Waals surface area contributed by atoms with Crippen LogP contribution < -0.4 is 20.4 Å². The summed E-state index contributed by atoms with van der Waals surface area (Å²) in [5.41, 5.74) is 4.83. The quantitative estimate of drug-likeness (QED) is 0.414. The fourth-order valence-electron chi connectivity index (χ4n) is 5.46. The molecule has 0 saturated carbocycles. The monoisotopic (exact) mass is 549 g/mol. The Bertz CT molecular complexity index is 1370. The van der Waals surface area contributed by atoms with Crippen molar-refractivity contribution >= 4 is 39.7 Å². The highest BCUT2D eigenvalue weighted by Gasteiger charge is 2.37. The van der Waals surface area contributed by atoms with Gasteiger partial charge < -0.3 is 30.3 Å². The van der Waals surface area contributed by atoms with E-state index < -0.39 is 5.41 Å². The lowest BCUT2D eigenvalue weighted by Crippen LogP contribution is -2.45. The second-order valence-corrected chi connectivity index (χ2v) is 11.6. The first-order valence-electron chi connectivity index (χ1n) is 13.2. The summed E-state index contributed by atoms with van der Waals surface area (Å²) in [7, 11) is 1.97. The minimum absolute atomic E-state index is 0.0104. The van der Waals surface area contributed by atoms with E-state index in [4.69, 9.17) is 4.74 Å². The minimum atomic E-state index is -0.432. The Balaban J connectivity index is 1.19. The van der Waals surface area contributed by atoms with E-state index in [2.05, 4.69) is 51.4 Å². The van der Waals surface area contributed by atoms with Crippen molar-refractivity contribution < 1.29 is 19.4 Å². The Morgan fingerprint density at radius 2 is 1.95 bits per heavy atom. The maximum atomic E-state index is 12.8. The number of carbonyl (C=O) groups excluding carboxylic acids is 2. The van der Waals surface area contributed by atoms with Gasteiger partial charge >= 0.3 is 0 Å². The Labute approximate surface area is 232 Å². The molecule has 206 valence electrons. The van der Waals surface area contributed by atoms with Crippen molar-refractivity contribution in [1.82, 2.24) is 10.3 Å². The van der Waals surface area contributed by atoms with Gasteiger partial charge in [0.2, 0.25) is 5.91 Å². The molecular formula is C29H35N5O4S. The van der Waals surface area contributed by atoms with Gasteiger partial charge in [-0.25, -0.2) is 4.98 Å². The molecule has 3 atom stereocenters. The van der Waals surface area contributed by atoms with E-state index in [-0.39, 0.29) is 37.2 Å². The third-order valence-electron chi connectivity index (χ3n) is 7.34. The second-order valence-electron chi connectivity index (χ2n) is 10.8. The molecule has 3 N–H and O–H groups in total. The Hall–Kier alpha value is -3.47. The van der Waals surface area contributed by atoms with E-state index in [1.165, 1.54) is 11.3 Å². The summed E-state index contributed by atoms with van der Waals surface area (Å²) in [5, 5.41) is 17.8. The predicted molar refractivity (Wildman–Crippen MR) is 155 cm³/mol. The lowest BCUT2D eigenvalue weighted by atomic mass is 9.84. The van der Waals surface area contributed by atoms with Crippen molar-refractivity contribution in [3.8, 4) is 11.3 Å². The van der Waals surface area contributed by atoms with Gasteiger partial charge in [-0.05, 0) is 49.7 Å². The first-order chi connectivity index (χ1) is 18.6. The van der Waals surface area contributed by atoms with Gasteiger partial charge in [-0.15, -0.1) is 11.3 Å². The van der Waals surface area contributed by atoms with Crippen LogP contribution in [0.25, 0.3) is 11.3 Å². The lowest BCUT2D eigenvalue weighted by Gasteiger charge is -2.37. The van der Waals surface area contributed by atoms with Gasteiger partial charge in [0.25, 0.3) is 5.91 Å². The summed E-state index contributed by atoms with van der Waals surface area (Å²) in [6, 6.07) is 13.7. The first kappa shape index (κ1) is 27.1. The van der Waals surface area contributed by atoms with E-state index >= 15 is 0 Å². The van der Waals surface area contributed by atoms with Gasteiger partial charge in [-0.2, -0.15) is 0 Å². The molecule has 3 aromatic rings. The zero-order valence-corrected chi connectivity index (χ0v) is 23.5. The average molecular weight is 550 g/mol.